The zero-order chi connectivity index (χ0) is 37.3. The van der Waals surface area contributed by atoms with Gasteiger partial charge in [-0.1, -0.05) is 30.3 Å². The van der Waals surface area contributed by atoms with Crippen LogP contribution in [0.15, 0.2) is 67.0 Å². The van der Waals surface area contributed by atoms with Gasteiger partial charge in [0.25, 0.3) is 0 Å². The van der Waals surface area contributed by atoms with Crippen molar-refractivity contribution in [1.82, 2.24) is 15.2 Å². The van der Waals surface area contributed by atoms with Crippen LogP contribution in [0.2, 0.25) is 0 Å². The Morgan fingerprint density at radius 2 is 1.79 bits per heavy atom. The molecule has 0 saturated carbocycles. The number of benzene rings is 3. The minimum absolute atomic E-state index is 0.118. The highest BCUT2D eigenvalue weighted by Crippen LogP contribution is 2.35. The van der Waals surface area contributed by atoms with Crippen molar-refractivity contribution in [2.24, 2.45) is 0 Å². The van der Waals surface area contributed by atoms with Crippen LogP contribution in [0.3, 0.4) is 0 Å². The van der Waals surface area contributed by atoms with E-state index in [-0.39, 0.29) is 19.3 Å². The van der Waals surface area contributed by atoms with Gasteiger partial charge in [0.05, 0.1) is 24.9 Å². The first kappa shape index (κ1) is 38.2. The van der Waals surface area contributed by atoms with Crippen LogP contribution in [0.25, 0.3) is 11.1 Å². The molecule has 2 heterocycles. The summed E-state index contributed by atoms with van der Waals surface area (Å²) < 4.78 is 18.8. The smallest absolute Gasteiger partial charge is 0.326 e. The number of hydrogen-bond acceptors (Lipinski definition) is 10. The molecule has 11 heteroatoms. The molecule has 0 amide bonds. The molecule has 1 aliphatic rings. The largest absolute Gasteiger partial charge is 0.493 e. The fourth-order valence-electron chi connectivity index (χ4n) is 6.30. The van der Waals surface area contributed by atoms with Gasteiger partial charge in [-0.05, 0) is 92.1 Å². The Labute approximate surface area is 305 Å². The van der Waals surface area contributed by atoms with E-state index >= 15 is 0 Å². The summed E-state index contributed by atoms with van der Waals surface area (Å²) in [6, 6.07) is 19.7. The molecule has 5 rings (SSSR count). The van der Waals surface area contributed by atoms with Gasteiger partial charge in [-0.15, -0.1) is 0 Å². The number of carboxylic acids is 1. The third-order valence-electron chi connectivity index (χ3n) is 9.71. The zero-order valence-electron chi connectivity index (χ0n) is 30.3. The van der Waals surface area contributed by atoms with E-state index in [9.17, 15) is 25.4 Å². The molecule has 1 saturated heterocycles. The van der Waals surface area contributed by atoms with Crippen LogP contribution in [0.4, 0.5) is 0 Å². The number of β-amino-alcohol motifs (C(OH)–C–C–N with tert-alkyl or cyclic N) is 1. The molecule has 3 aromatic carbocycles. The van der Waals surface area contributed by atoms with Gasteiger partial charge in [-0.25, -0.2) is 0 Å². The van der Waals surface area contributed by atoms with E-state index in [1.807, 2.05) is 37.3 Å². The van der Waals surface area contributed by atoms with Crippen LogP contribution in [-0.2, 0) is 24.6 Å². The summed E-state index contributed by atoms with van der Waals surface area (Å²) in [6.07, 6.45) is 4.62. The number of aliphatic hydroxyl groups excluding tert-OH is 2. The molecule has 2 unspecified atom stereocenters. The van der Waals surface area contributed by atoms with Gasteiger partial charge in [-0.2, -0.15) is 5.26 Å². The number of hydrogen-bond donors (Lipinski definition) is 4. The van der Waals surface area contributed by atoms with Gasteiger partial charge in [0, 0.05) is 55.8 Å². The van der Waals surface area contributed by atoms with Crippen molar-refractivity contribution >= 4 is 5.97 Å². The van der Waals surface area contributed by atoms with Crippen LogP contribution in [-0.4, -0.2) is 75.7 Å². The van der Waals surface area contributed by atoms with Crippen molar-refractivity contribution in [1.29, 1.82) is 5.26 Å². The van der Waals surface area contributed by atoms with Gasteiger partial charge in [0.1, 0.15) is 42.1 Å². The van der Waals surface area contributed by atoms with Crippen LogP contribution in [0, 0.1) is 32.1 Å². The first-order valence-electron chi connectivity index (χ1n) is 17.6. The van der Waals surface area contributed by atoms with E-state index < -0.39 is 18.1 Å². The Morgan fingerprint density at radius 3 is 2.50 bits per heavy atom. The van der Waals surface area contributed by atoms with Crippen molar-refractivity contribution < 1.29 is 34.3 Å². The summed E-state index contributed by atoms with van der Waals surface area (Å²) >= 11 is 0. The molecule has 4 aromatic rings. The molecule has 274 valence electrons. The second-order valence-corrected chi connectivity index (χ2v) is 13.6. The van der Waals surface area contributed by atoms with E-state index in [1.54, 1.807) is 18.3 Å². The molecule has 2 atom stereocenters. The summed E-state index contributed by atoms with van der Waals surface area (Å²) in [5, 5.41) is 41.5. The highest BCUT2D eigenvalue weighted by molar-refractivity contribution is 5.78. The van der Waals surface area contributed by atoms with Crippen molar-refractivity contribution in [2.75, 3.05) is 32.8 Å². The monoisotopic (exact) mass is 708 g/mol. The Bertz CT molecular complexity index is 1910. The summed E-state index contributed by atoms with van der Waals surface area (Å²) in [5.41, 5.74) is 6.45. The molecule has 0 radical (unpaired) electrons. The number of aryl methyl sites for hydroxylation is 1. The highest BCUT2D eigenvalue weighted by Gasteiger charge is 2.32. The molecular formula is C41H48N4O7. The number of carbonyl (C=O) groups is 1. The number of likely N-dealkylation sites (tertiary alicyclic amines) is 1. The predicted molar refractivity (Wildman–Crippen MR) is 197 cm³/mol. The van der Waals surface area contributed by atoms with Crippen LogP contribution in [0.5, 0.6) is 17.2 Å². The lowest BCUT2D eigenvalue weighted by atomic mass is 9.93. The lowest BCUT2D eigenvalue weighted by Crippen LogP contribution is -2.52. The molecule has 11 nitrogen and oxygen atoms in total. The number of pyridine rings is 1. The molecule has 0 spiro atoms. The third-order valence-corrected chi connectivity index (χ3v) is 9.71. The molecule has 0 aliphatic carbocycles. The second-order valence-electron chi connectivity index (χ2n) is 13.6. The first-order chi connectivity index (χ1) is 25.0. The Kier molecular flexibility index (Phi) is 12.9. The van der Waals surface area contributed by atoms with Gasteiger partial charge in [-0.3, -0.25) is 15.1 Å². The van der Waals surface area contributed by atoms with Crippen LogP contribution in [0.1, 0.15) is 58.7 Å². The lowest BCUT2D eigenvalue weighted by Gasteiger charge is -2.25. The quantitative estimate of drug-likeness (QED) is 0.103. The van der Waals surface area contributed by atoms with Gasteiger partial charge in [0.15, 0.2) is 0 Å². The number of aliphatic hydroxyl groups is 2. The fourth-order valence-corrected chi connectivity index (χ4v) is 6.30. The van der Waals surface area contributed by atoms with Crippen molar-refractivity contribution in [3.05, 3.63) is 106 Å². The third kappa shape index (κ3) is 9.46. The van der Waals surface area contributed by atoms with Gasteiger partial charge < -0.3 is 34.4 Å². The van der Waals surface area contributed by atoms with E-state index in [0.717, 1.165) is 71.6 Å². The van der Waals surface area contributed by atoms with Gasteiger partial charge in [0.2, 0.25) is 0 Å². The predicted octanol–water partition coefficient (Wildman–Crippen LogP) is 5.46. The number of carboxylic acid groups (broad SMARTS) is 1. The van der Waals surface area contributed by atoms with Crippen molar-refractivity contribution in [2.45, 2.75) is 71.9 Å². The average molecular weight is 709 g/mol. The number of nitrogens with zero attached hydrogens (tertiary/aromatic N) is 3. The molecule has 1 fully saturated rings. The zero-order valence-corrected chi connectivity index (χ0v) is 30.3. The molecule has 1 aliphatic heterocycles. The molecule has 52 heavy (non-hydrogen) atoms. The maximum atomic E-state index is 11.8. The Balaban J connectivity index is 1.32. The summed E-state index contributed by atoms with van der Waals surface area (Å²) in [7, 11) is 0. The fraction of sp³-hybridized carbons (Fsp3) is 0.390. The number of ether oxygens (including phenoxy) is 3. The minimum atomic E-state index is -1.55. The van der Waals surface area contributed by atoms with Crippen LogP contribution >= 0.6 is 0 Å². The highest BCUT2D eigenvalue weighted by atomic mass is 16.5. The lowest BCUT2D eigenvalue weighted by molar-refractivity contribution is -0.145. The minimum Gasteiger partial charge on any atom is -0.493 e. The first-order valence-corrected chi connectivity index (χ1v) is 17.6. The van der Waals surface area contributed by atoms with E-state index in [1.165, 1.54) is 13.1 Å². The van der Waals surface area contributed by atoms with E-state index in [2.05, 4.69) is 47.3 Å². The summed E-state index contributed by atoms with van der Waals surface area (Å²) in [4.78, 5) is 18.2. The van der Waals surface area contributed by atoms with Crippen molar-refractivity contribution in [3.63, 3.8) is 0 Å². The average Bonchev–Trinajstić information content (AvgIpc) is 3.56. The molecule has 4 N–H and O–H groups in total. The topological polar surface area (TPSA) is 157 Å². The van der Waals surface area contributed by atoms with Crippen LogP contribution < -0.4 is 19.5 Å². The number of nitriles is 1. The maximum Gasteiger partial charge on any atom is 0.326 e. The summed E-state index contributed by atoms with van der Waals surface area (Å²) in [5.74, 6) is 0.738. The van der Waals surface area contributed by atoms with Gasteiger partial charge >= 0.3 is 5.97 Å². The second kappa shape index (κ2) is 17.5. The Hall–Kier alpha value is -4.99. The standard InChI is InChI=1S/C41H48N4O7/c1-27-16-34(18-39(37(27)22-44-41(4,26-46)40(48)49)52-24-31-17-30(19-42)20-43-21-31)51-25-32-8-5-9-35(28(32)2)36-10-6-11-38(29(36)3)50-15-7-13-45-14-12-33(47)23-45/h5-6,8-11,16-18,20-21,33,44,46-47H,7,12-15,22-26H2,1-4H3,(H,48,49). The number of rotatable bonds is 17. The normalized spacial score (nSPS) is 15.5. The maximum absolute atomic E-state index is 11.8. The SMILES string of the molecule is Cc1cc(OCc2cccc(-c3cccc(OCCCN4CCC(O)C4)c3C)c2C)cc(OCc2cncc(C#N)c2)c1CNC(C)(CO)C(=O)O. The molecular weight excluding hydrogens is 660 g/mol. The molecule has 0 bridgehead atoms. The number of aromatic nitrogens is 1. The number of nitrogens with one attached hydrogen (secondary N) is 1. The van der Waals surface area contributed by atoms with Crippen molar-refractivity contribution in [3.8, 4) is 34.4 Å². The summed E-state index contributed by atoms with van der Waals surface area (Å²) in [6.45, 7) is 10.6. The number of aliphatic carboxylic acids is 1. The Morgan fingerprint density at radius 1 is 1.02 bits per heavy atom. The molecule has 1 aromatic heterocycles. The van der Waals surface area contributed by atoms with E-state index in [0.29, 0.717) is 41.4 Å². The van der Waals surface area contributed by atoms with E-state index in [4.69, 9.17) is 14.2 Å².